The highest BCUT2D eigenvalue weighted by molar-refractivity contribution is 6.30. The van der Waals surface area contributed by atoms with Gasteiger partial charge in [0.1, 0.15) is 0 Å². The summed E-state index contributed by atoms with van der Waals surface area (Å²) in [6, 6.07) is 3.38. The van der Waals surface area contributed by atoms with Crippen molar-refractivity contribution in [1.82, 2.24) is 14.9 Å². The molecule has 154 valence electrons. The molecule has 0 saturated carbocycles. The first-order valence-electron chi connectivity index (χ1n) is 8.84. The smallest absolute Gasteiger partial charge is 0.312 e. The van der Waals surface area contributed by atoms with E-state index in [1.165, 1.54) is 34.3 Å². The number of ketones is 1. The van der Waals surface area contributed by atoms with E-state index in [4.69, 9.17) is 11.6 Å². The largest absolute Gasteiger partial charge is 0.416 e. The molecule has 1 atom stereocenters. The summed E-state index contributed by atoms with van der Waals surface area (Å²) in [4.78, 5) is 36.3. The van der Waals surface area contributed by atoms with Gasteiger partial charge in [0.15, 0.2) is 5.78 Å². The van der Waals surface area contributed by atoms with Gasteiger partial charge in [-0.1, -0.05) is 37.6 Å². The van der Waals surface area contributed by atoms with Crippen LogP contribution in [-0.4, -0.2) is 45.8 Å². The number of carbonyl (C=O) groups excluding carboxylic acids is 2. The second-order valence-corrected chi connectivity index (χ2v) is 7.47. The minimum Gasteiger partial charge on any atom is -0.312 e. The zero-order chi connectivity index (χ0) is 21.3. The first-order valence-corrected chi connectivity index (χ1v) is 9.22. The van der Waals surface area contributed by atoms with E-state index >= 15 is 0 Å². The zero-order valence-corrected chi connectivity index (χ0v) is 16.4. The summed E-state index contributed by atoms with van der Waals surface area (Å²) in [7, 11) is 0. The SMILES string of the molecule is CC(C)[C@H]1CN(c2ncc(Cl)cn2)C(=O)N1CC(=O)c1cccc(C(F)(F)F)c1. The Balaban J connectivity index is 1.83. The second-order valence-electron chi connectivity index (χ2n) is 7.04. The van der Waals surface area contributed by atoms with Gasteiger partial charge < -0.3 is 4.90 Å². The second kappa shape index (κ2) is 7.98. The van der Waals surface area contributed by atoms with Crippen molar-refractivity contribution in [1.29, 1.82) is 0 Å². The molecule has 10 heteroatoms. The minimum atomic E-state index is -4.55. The summed E-state index contributed by atoms with van der Waals surface area (Å²) in [6.07, 6.45) is -1.83. The highest BCUT2D eigenvalue weighted by Crippen LogP contribution is 2.30. The van der Waals surface area contributed by atoms with Gasteiger partial charge in [-0.3, -0.25) is 9.69 Å². The van der Waals surface area contributed by atoms with Crippen molar-refractivity contribution in [3.05, 3.63) is 52.8 Å². The van der Waals surface area contributed by atoms with Crippen LogP contribution >= 0.6 is 11.6 Å². The van der Waals surface area contributed by atoms with Crippen molar-refractivity contribution in [2.24, 2.45) is 5.92 Å². The normalized spacial score (nSPS) is 17.3. The Hall–Kier alpha value is -2.68. The number of aromatic nitrogens is 2. The third kappa shape index (κ3) is 4.50. The predicted molar refractivity (Wildman–Crippen MR) is 101 cm³/mol. The van der Waals surface area contributed by atoms with Crippen LogP contribution in [0.3, 0.4) is 0 Å². The highest BCUT2D eigenvalue weighted by atomic mass is 35.5. The fourth-order valence-corrected chi connectivity index (χ4v) is 3.24. The van der Waals surface area contributed by atoms with Crippen molar-refractivity contribution in [2.75, 3.05) is 18.0 Å². The average molecular weight is 427 g/mol. The van der Waals surface area contributed by atoms with Crippen LogP contribution in [0.4, 0.5) is 23.9 Å². The maximum absolute atomic E-state index is 12.9. The summed E-state index contributed by atoms with van der Waals surface area (Å²) >= 11 is 5.78. The van der Waals surface area contributed by atoms with Crippen LogP contribution in [0.25, 0.3) is 0 Å². The van der Waals surface area contributed by atoms with Crippen LogP contribution in [0.1, 0.15) is 29.8 Å². The summed E-state index contributed by atoms with van der Waals surface area (Å²) in [5.41, 5.74) is -1.01. The van der Waals surface area contributed by atoms with Crippen LogP contribution in [0, 0.1) is 5.92 Å². The molecule has 0 spiro atoms. The Kier molecular flexibility index (Phi) is 5.79. The number of anilines is 1. The number of Topliss-reactive ketones (excluding diaryl/α,β-unsaturated/α-hetero) is 1. The number of amides is 2. The summed E-state index contributed by atoms with van der Waals surface area (Å²) in [5, 5.41) is 0.317. The lowest BCUT2D eigenvalue weighted by Crippen LogP contribution is -2.41. The first kappa shape index (κ1) is 21.0. The van der Waals surface area contributed by atoms with Gasteiger partial charge in [0.05, 0.1) is 42.1 Å². The molecule has 0 unspecified atom stereocenters. The summed E-state index contributed by atoms with van der Waals surface area (Å²) in [5.74, 6) is -0.418. The van der Waals surface area contributed by atoms with E-state index in [1.54, 1.807) is 0 Å². The molecule has 29 heavy (non-hydrogen) atoms. The third-order valence-corrected chi connectivity index (χ3v) is 4.89. The molecule has 1 fully saturated rings. The van der Waals surface area contributed by atoms with Gasteiger partial charge in [-0.25, -0.2) is 14.8 Å². The molecule has 1 saturated heterocycles. The maximum atomic E-state index is 12.9. The van der Waals surface area contributed by atoms with Gasteiger partial charge in [0.25, 0.3) is 0 Å². The van der Waals surface area contributed by atoms with E-state index < -0.39 is 23.6 Å². The Morgan fingerprint density at radius 1 is 1.28 bits per heavy atom. The number of carbonyl (C=O) groups is 2. The number of halogens is 4. The number of hydrogen-bond acceptors (Lipinski definition) is 4. The molecular formula is C19H18ClF3N4O2. The van der Waals surface area contributed by atoms with E-state index in [0.717, 1.165) is 12.1 Å². The standard InChI is InChI=1S/C19H18ClF3N4O2/c1-11(2)15-9-27(17-24-7-14(20)8-25-17)18(29)26(15)10-16(28)12-4-3-5-13(6-12)19(21,22)23/h3-8,11,15H,9-10H2,1-2H3/t15-/m1/s1. The van der Waals surface area contributed by atoms with E-state index in [1.807, 2.05) is 13.8 Å². The number of nitrogens with zero attached hydrogens (tertiary/aromatic N) is 4. The average Bonchev–Trinajstić information content (AvgIpc) is 2.98. The van der Waals surface area contributed by atoms with Crippen LogP contribution in [0.2, 0.25) is 5.02 Å². The molecule has 1 aliphatic heterocycles. The van der Waals surface area contributed by atoms with E-state index in [0.29, 0.717) is 5.02 Å². The van der Waals surface area contributed by atoms with Crippen molar-refractivity contribution in [3.8, 4) is 0 Å². The minimum absolute atomic E-state index is 0.00515. The van der Waals surface area contributed by atoms with Crippen LogP contribution in [0.5, 0.6) is 0 Å². The molecule has 6 nitrogen and oxygen atoms in total. The van der Waals surface area contributed by atoms with Gasteiger partial charge in [-0.2, -0.15) is 13.2 Å². The molecule has 2 heterocycles. The Morgan fingerprint density at radius 3 is 2.52 bits per heavy atom. The fraction of sp³-hybridized carbons (Fsp3) is 0.368. The van der Waals surface area contributed by atoms with Crippen molar-refractivity contribution >= 4 is 29.4 Å². The maximum Gasteiger partial charge on any atom is 0.416 e. The number of benzene rings is 1. The molecule has 2 amide bonds. The number of alkyl halides is 3. The lowest BCUT2D eigenvalue weighted by molar-refractivity contribution is -0.137. The lowest BCUT2D eigenvalue weighted by atomic mass is 10.0. The summed E-state index contributed by atoms with van der Waals surface area (Å²) < 4.78 is 38.8. The molecule has 0 N–H and O–H groups in total. The van der Waals surface area contributed by atoms with Crippen molar-refractivity contribution in [3.63, 3.8) is 0 Å². The van der Waals surface area contributed by atoms with Gasteiger partial charge in [0.2, 0.25) is 5.95 Å². The molecule has 1 aromatic heterocycles. The third-order valence-electron chi connectivity index (χ3n) is 4.69. The van der Waals surface area contributed by atoms with Crippen LogP contribution in [-0.2, 0) is 6.18 Å². The van der Waals surface area contributed by atoms with E-state index in [-0.39, 0.29) is 36.6 Å². The lowest BCUT2D eigenvalue weighted by Gasteiger charge is -2.25. The van der Waals surface area contributed by atoms with Gasteiger partial charge in [0, 0.05) is 5.56 Å². The molecule has 1 aliphatic rings. The Labute approximate surface area is 170 Å². The predicted octanol–water partition coefficient (Wildman–Crippen LogP) is 4.30. The topological polar surface area (TPSA) is 66.4 Å². The molecule has 2 aromatic rings. The number of hydrogen-bond donors (Lipinski definition) is 0. The zero-order valence-electron chi connectivity index (χ0n) is 15.7. The highest BCUT2D eigenvalue weighted by Gasteiger charge is 2.41. The Morgan fingerprint density at radius 2 is 1.93 bits per heavy atom. The van der Waals surface area contributed by atoms with Gasteiger partial charge >= 0.3 is 12.2 Å². The molecule has 3 rings (SSSR count). The van der Waals surface area contributed by atoms with Crippen LogP contribution in [0.15, 0.2) is 36.7 Å². The molecular weight excluding hydrogens is 409 g/mol. The van der Waals surface area contributed by atoms with Crippen molar-refractivity contribution in [2.45, 2.75) is 26.1 Å². The molecule has 0 radical (unpaired) electrons. The number of rotatable bonds is 5. The first-order chi connectivity index (χ1) is 13.6. The van der Waals surface area contributed by atoms with Gasteiger partial charge in [-0.15, -0.1) is 0 Å². The Bertz CT molecular complexity index is 918. The molecule has 0 aliphatic carbocycles. The van der Waals surface area contributed by atoms with Gasteiger partial charge in [-0.05, 0) is 18.1 Å². The summed E-state index contributed by atoms with van der Waals surface area (Å²) in [6.45, 7) is 3.71. The monoisotopic (exact) mass is 426 g/mol. The molecule has 0 bridgehead atoms. The fourth-order valence-electron chi connectivity index (χ4n) is 3.14. The van der Waals surface area contributed by atoms with Crippen molar-refractivity contribution < 1.29 is 22.8 Å². The van der Waals surface area contributed by atoms with E-state index in [9.17, 15) is 22.8 Å². The van der Waals surface area contributed by atoms with Crippen LogP contribution < -0.4 is 4.90 Å². The molecule has 1 aromatic carbocycles. The number of urea groups is 1. The quantitative estimate of drug-likeness (QED) is 0.669. The van der Waals surface area contributed by atoms with E-state index in [2.05, 4.69) is 9.97 Å².